The van der Waals surface area contributed by atoms with Crippen LogP contribution in [0.3, 0.4) is 0 Å². The van der Waals surface area contributed by atoms with Crippen molar-refractivity contribution in [1.29, 1.82) is 0 Å². The summed E-state index contributed by atoms with van der Waals surface area (Å²) < 4.78 is 1.39. The van der Waals surface area contributed by atoms with Crippen molar-refractivity contribution in [1.82, 2.24) is 0 Å². The number of benzene rings is 1. The maximum absolute atomic E-state index is 2.37. The zero-order chi connectivity index (χ0) is 7.72. The molecule has 73 valence electrons. The van der Waals surface area contributed by atoms with Crippen LogP contribution in [-0.4, -0.2) is 0 Å². The Bertz CT molecular complexity index is 236. The second kappa shape index (κ2) is 6.02. The molecule has 0 heterocycles. The van der Waals surface area contributed by atoms with Gasteiger partial charge in [0.25, 0.3) is 0 Å². The van der Waals surface area contributed by atoms with Crippen molar-refractivity contribution < 1.29 is 19.8 Å². The molecule has 0 radical (unpaired) electrons. The molecule has 0 unspecified atom stereocenters. The molecule has 0 atom stereocenters. The van der Waals surface area contributed by atoms with Gasteiger partial charge in [0.1, 0.15) is 0 Å². The largest absolute Gasteiger partial charge is 0.147 e. The van der Waals surface area contributed by atoms with Crippen LogP contribution in [-0.2, 0) is 19.8 Å². The summed E-state index contributed by atoms with van der Waals surface area (Å²) in [6.07, 6.45) is 0. The van der Waals surface area contributed by atoms with E-state index in [-0.39, 0.29) is 24.8 Å². The summed E-state index contributed by atoms with van der Waals surface area (Å²) >= 11 is 2.37. The zero-order valence-electron chi connectivity index (χ0n) is 7.29. The Morgan fingerprint density at radius 2 is 1.25 bits per heavy atom. The Labute approximate surface area is 97.9 Å². The fourth-order valence-corrected chi connectivity index (χ4v) is 1.48. The normalized spacial score (nSPS) is 8.42. The molecule has 1 rings (SSSR count). The average molecular weight is 387 g/mol. The van der Waals surface area contributed by atoms with E-state index < -0.39 is 0 Å². The van der Waals surface area contributed by atoms with Crippen LogP contribution in [0, 0.1) is 20.8 Å². The Kier molecular flexibility index (Phi) is 7.52. The third-order valence-electron chi connectivity index (χ3n) is 1.53. The van der Waals surface area contributed by atoms with Gasteiger partial charge in [-0.15, -0.1) is 24.8 Å². The van der Waals surface area contributed by atoms with E-state index in [2.05, 4.69) is 52.7 Å². The van der Waals surface area contributed by atoms with Crippen molar-refractivity contribution in [2.45, 2.75) is 20.8 Å². The molecule has 0 aliphatic carbocycles. The average Bonchev–Trinajstić information content (AvgIpc) is 1.82. The van der Waals surface area contributed by atoms with E-state index in [0.29, 0.717) is 0 Å². The van der Waals surface area contributed by atoms with Crippen molar-refractivity contribution in [2.75, 3.05) is 0 Å². The second-order valence-corrected chi connectivity index (χ2v) is 3.82. The van der Waals surface area contributed by atoms with Crippen LogP contribution in [0.15, 0.2) is 12.1 Å². The van der Waals surface area contributed by atoms with Crippen LogP contribution in [0.1, 0.15) is 16.7 Å². The van der Waals surface area contributed by atoms with Gasteiger partial charge >= 0.3 is 73.4 Å². The Morgan fingerprint density at radius 3 is 1.58 bits per heavy atom. The summed E-state index contributed by atoms with van der Waals surface area (Å²) in [6, 6.07) is 4.44. The van der Waals surface area contributed by atoms with Crippen LogP contribution < -0.4 is 3.95 Å². The molecule has 12 heavy (non-hydrogen) atoms. The van der Waals surface area contributed by atoms with Gasteiger partial charge in [-0.25, -0.2) is 0 Å². The van der Waals surface area contributed by atoms with E-state index >= 15 is 0 Å². The minimum atomic E-state index is 0. The van der Waals surface area contributed by atoms with Crippen LogP contribution >= 0.6 is 24.8 Å². The molecule has 3 heteroatoms. The summed E-state index contributed by atoms with van der Waals surface area (Å²) in [5.41, 5.74) is 4.13. The van der Waals surface area contributed by atoms with Crippen molar-refractivity contribution in [3.8, 4) is 0 Å². The van der Waals surface area contributed by atoms with Crippen molar-refractivity contribution in [2.24, 2.45) is 0 Å². The third kappa shape index (κ3) is 3.47. The number of rotatable bonds is 0. The molecule has 0 nitrogen and oxygen atoms in total. The summed E-state index contributed by atoms with van der Waals surface area (Å²) in [7, 11) is 0. The molecule has 0 spiro atoms. The smallest absolute Gasteiger partial charge is 0.147 e. The second-order valence-electron chi connectivity index (χ2n) is 2.68. The quantitative estimate of drug-likeness (QED) is 0.642. The summed E-state index contributed by atoms with van der Waals surface area (Å²) in [5, 5.41) is 0. The van der Waals surface area contributed by atoms with E-state index in [1.807, 2.05) is 0 Å². The maximum Gasteiger partial charge on any atom is -0.147 e. The van der Waals surface area contributed by atoms with Gasteiger partial charge in [0.15, 0.2) is 0 Å². The molecule has 0 aliphatic rings. The summed E-state index contributed by atoms with van der Waals surface area (Å²) in [5.74, 6) is 0. The van der Waals surface area contributed by atoms with E-state index in [1.54, 1.807) is 0 Å². The van der Waals surface area contributed by atoms with E-state index in [1.165, 1.54) is 20.6 Å². The first-order valence-corrected chi connectivity index (χ1v) is 4.45. The van der Waals surface area contributed by atoms with Crippen LogP contribution in [0.2, 0.25) is 0 Å². The Morgan fingerprint density at radius 1 is 0.917 bits per heavy atom. The first-order chi connectivity index (χ1) is 4.61. The van der Waals surface area contributed by atoms with Crippen molar-refractivity contribution in [3.63, 3.8) is 0 Å². The Hall–Kier alpha value is 0.488. The summed E-state index contributed by atoms with van der Waals surface area (Å²) in [4.78, 5) is 0. The molecular weight excluding hydrogens is 374 g/mol. The minimum absolute atomic E-state index is 0. The minimum Gasteiger partial charge on any atom is -0.147 e. The van der Waals surface area contributed by atoms with E-state index in [0.717, 1.165) is 0 Å². The molecule has 0 saturated heterocycles. The van der Waals surface area contributed by atoms with Gasteiger partial charge in [0.2, 0.25) is 0 Å². The molecule has 0 fully saturated rings. The number of halogens is 2. The molecule has 0 aliphatic heterocycles. The topological polar surface area (TPSA) is 0 Å². The van der Waals surface area contributed by atoms with Crippen molar-refractivity contribution in [3.05, 3.63) is 28.8 Å². The predicted molar refractivity (Wildman–Crippen MR) is 54.8 cm³/mol. The molecule has 0 amide bonds. The van der Waals surface area contributed by atoms with Gasteiger partial charge in [-0.2, -0.15) is 0 Å². The number of hydrogen-bond donors (Lipinski definition) is 0. The van der Waals surface area contributed by atoms with Crippen LogP contribution in [0.5, 0.6) is 0 Å². The summed E-state index contributed by atoms with van der Waals surface area (Å²) in [6.45, 7) is 6.45. The molecule has 1 aromatic rings. The van der Waals surface area contributed by atoms with Gasteiger partial charge in [-0.1, -0.05) is 0 Å². The first kappa shape index (κ1) is 15.0. The molecule has 0 bridgehead atoms. The van der Waals surface area contributed by atoms with Gasteiger partial charge in [0.05, 0.1) is 0 Å². The molecule has 0 saturated carbocycles. The fourth-order valence-electron chi connectivity index (χ4n) is 1.15. The zero-order valence-corrected chi connectivity index (χ0v) is 11.2. The Balaban J connectivity index is 0. The standard InChI is InChI=1S/C9H11.2ClH.Pt/c1-7-4-8(2)6-9(3)5-7;;;/h4-5H,1-3H3;2*1H;. The maximum atomic E-state index is 2.37. The van der Waals surface area contributed by atoms with Crippen LogP contribution in [0.25, 0.3) is 0 Å². The van der Waals surface area contributed by atoms with Gasteiger partial charge in [0, 0.05) is 0 Å². The monoisotopic (exact) mass is 386 g/mol. The van der Waals surface area contributed by atoms with Crippen molar-refractivity contribution >= 4 is 28.8 Å². The number of aryl methyl sites for hydroxylation is 3. The van der Waals surface area contributed by atoms with Crippen LogP contribution in [0.4, 0.5) is 0 Å². The fraction of sp³-hybridized carbons (Fsp3) is 0.333. The molecule has 1 aromatic carbocycles. The predicted octanol–water partition coefficient (Wildman–Crippen LogP) is 2.63. The van der Waals surface area contributed by atoms with Gasteiger partial charge in [-0.3, -0.25) is 0 Å². The van der Waals surface area contributed by atoms with E-state index in [4.69, 9.17) is 0 Å². The first-order valence-electron chi connectivity index (χ1n) is 3.31. The molecule has 0 aromatic heterocycles. The third-order valence-corrected chi connectivity index (χ3v) is 3.32. The number of hydrogen-bond acceptors (Lipinski definition) is 0. The van der Waals surface area contributed by atoms with Gasteiger partial charge in [-0.05, 0) is 0 Å². The molecule has 0 N–H and O–H groups in total. The molecular formula is C9H13Cl2Pt. The van der Waals surface area contributed by atoms with Gasteiger partial charge < -0.3 is 0 Å². The SMILES string of the molecule is Cc1cc(C)[c]([Pt])c(C)c1.Cl.Cl. The van der Waals surface area contributed by atoms with E-state index in [9.17, 15) is 0 Å².